The molecule has 0 aromatic heterocycles. The summed E-state index contributed by atoms with van der Waals surface area (Å²) >= 11 is 0. The summed E-state index contributed by atoms with van der Waals surface area (Å²) in [7, 11) is 0. The van der Waals surface area contributed by atoms with Gasteiger partial charge in [0.05, 0.1) is 12.6 Å². The molecule has 1 N–H and O–H groups in total. The van der Waals surface area contributed by atoms with Crippen LogP contribution in [0.25, 0.3) is 0 Å². The molecule has 0 fully saturated rings. The molecule has 0 aliphatic carbocycles. The lowest BCUT2D eigenvalue weighted by Gasteiger charge is -2.18. The normalized spacial score (nSPS) is 23.9. The number of nitrogens with zero attached hydrogens (tertiary/aromatic N) is 1. The molecule has 16 heavy (non-hydrogen) atoms. The molecular formula is C13H21FN2. The van der Waals surface area contributed by atoms with E-state index in [0.717, 1.165) is 12.0 Å². The zero-order chi connectivity index (χ0) is 12.0. The average molecular weight is 224 g/mol. The smallest absolute Gasteiger partial charge is 0.125 e. The lowest BCUT2D eigenvalue weighted by atomic mass is 10.0. The quantitative estimate of drug-likeness (QED) is 0.713. The van der Waals surface area contributed by atoms with Crippen LogP contribution in [0.3, 0.4) is 0 Å². The molecule has 3 atom stereocenters. The molecule has 0 saturated carbocycles. The first-order valence-corrected chi connectivity index (χ1v) is 5.90. The molecule has 0 spiro atoms. The second-order valence-corrected chi connectivity index (χ2v) is 4.26. The van der Waals surface area contributed by atoms with Crippen molar-refractivity contribution in [2.75, 3.05) is 6.54 Å². The number of aliphatic imine (C=N–C) groups is 1. The maximum absolute atomic E-state index is 13.6. The molecule has 1 heterocycles. The highest BCUT2D eigenvalue weighted by molar-refractivity contribution is 5.79. The topological polar surface area (TPSA) is 24.4 Å². The SMILES string of the molecule is C=CCC(F)C1CN=CC(C(C)CC)=CN1. The highest BCUT2D eigenvalue weighted by atomic mass is 19.1. The standard InChI is InChI=1S/C13H21FN2/c1-4-6-12(14)13-9-15-7-11(8-16-13)10(3)5-2/h4,7-8,10,12-13,16H,1,5-6,9H2,2-3H3. The summed E-state index contributed by atoms with van der Waals surface area (Å²) in [5, 5.41) is 3.12. The molecule has 0 saturated heterocycles. The van der Waals surface area contributed by atoms with E-state index in [4.69, 9.17) is 0 Å². The van der Waals surface area contributed by atoms with E-state index >= 15 is 0 Å². The highest BCUT2D eigenvalue weighted by Gasteiger charge is 2.20. The molecule has 3 unspecified atom stereocenters. The lowest BCUT2D eigenvalue weighted by Crippen LogP contribution is -2.36. The fourth-order valence-corrected chi connectivity index (χ4v) is 1.61. The molecule has 1 aliphatic rings. The summed E-state index contributed by atoms with van der Waals surface area (Å²) < 4.78 is 13.6. The summed E-state index contributed by atoms with van der Waals surface area (Å²) in [6, 6.07) is -0.226. The van der Waals surface area contributed by atoms with Crippen LogP contribution in [0, 0.1) is 5.92 Å². The van der Waals surface area contributed by atoms with Crippen LogP contribution in [-0.4, -0.2) is 25.0 Å². The van der Waals surface area contributed by atoms with Crippen molar-refractivity contribution in [3.63, 3.8) is 0 Å². The van der Waals surface area contributed by atoms with Crippen molar-refractivity contribution in [3.05, 3.63) is 24.4 Å². The first-order valence-electron chi connectivity index (χ1n) is 5.90. The molecule has 0 radical (unpaired) electrons. The number of hydrogen-bond acceptors (Lipinski definition) is 2. The molecule has 1 rings (SSSR count). The molecular weight excluding hydrogens is 203 g/mol. The molecule has 0 aromatic carbocycles. The van der Waals surface area contributed by atoms with Crippen molar-refractivity contribution in [2.24, 2.45) is 10.9 Å². The minimum atomic E-state index is -0.915. The Hall–Kier alpha value is -1.12. The van der Waals surface area contributed by atoms with Crippen molar-refractivity contribution in [1.82, 2.24) is 5.32 Å². The van der Waals surface area contributed by atoms with Gasteiger partial charge in [-0.1, -0.05) is 19.9 Å². The van der Waals surface area contributed by atoms with E-state index in [2.05, 4.69) is 30.7 Å². The minimum Gasteiger partial charge on any atom is -0.383 e. The third-order valence-electron chi connectivity index (χ3n) is 3.02. The maximum Gasteiger partial charge on any atom is 0.125 e. The van der Waals surface area contributed by atoms with E-state index in [-0.39, 0.29) is 6.04 Å². The Morgan fingerprint density at radius 1 is 1.75 bits per heavy atom. The molecule has 2 nitrogen and oxygen atoms in total. The Labute approximate surface area is 97.3 Å². The zero-order valence-corrected chi connectivity index (χ0v) is 10.1. The van der Waals surface area contributed by atoms with Gasteiger partial charge < -0.3 is 5.32 Å². The second-order valence-electron chi connectivity index (χ2n) is 4.26. The fraction of sp³-hybridized carbons (Fsp3) is 0.615. The van der Waals surface area contributed by atoms with Gasteiger partial charge >= 0.3 is 0 Å². The first kappa shape index (κ1) is 12.9. The number of rotatable bonds is 5. The van der Waals surface area contributed by atoms with E-state index in [1.807, 2.05) is 12.4 Å². The summed E-state index contributed by atoms with van der Waals surface area (Å²) in [4.78, 5) is 4.28. The Morgan fingerprint density at radius 3 is 3.12 bits per heavy atom. The van der Waals surface area contributed by atoms with Gasteiger partial charge in [-0.3, -0.25) is 4.99 Å². The van der Waals surface area contributed by atoms with Crippen molar-refractivity contribution < 1.29 is 4.39 Å². The van der Waals surface area contributed by atoms with Crippen molar-refractivity contribution in [2.45, 2.75) is 38.9 Å². The average Bonchev–Trinajstić information content (AvgIpc) is 2.53. The van der Waals surface area contributed by atoms with Crippen LogP contribution >= 0.6 is 0 Å². The predicted molar refractivity (Wildman–Crippen MR) is 67.5 cm³/mol. The molecule has 1 aliphatic heterocycles. The van der Waals surface area contributed by atoms with Gasteiger partial charge in [0.1, 0.15) is 6.17 Å². The Bertz CT molecular complexity index is 284. The Kier molecular flexibility index (Phi) is 5.23. The van der Waals surface area contributed by atoms with Crippen LogP contribution in [-0.2, 0) is 0 Å². The van der Waals surface area contributed by atoms with Crippen LogP contribution < -0.4 is 5.32 Å². The maximum atomic E-state index is 13.6. The van der Waals surface area contributed by atoms with E-state index in [1.165, 1.54) is 0 Å². The summed E-state index contributed by atoms with van der Waals surface area (Å²) in [5.41, 5.74) is 1.15. The second kappa shape index (κ2) is 6.46. The van der Waals surface area contributed by atoms with Gasteiger partial charge in [-0.25, -0.2) is 4.39 Å². The van der Waals surface area contributed by atoms with E-state index in [1.54, 1.807) is 6.08 Å². The third kappa shape index (κ3) is 3.47. The lowest BCUT2D eigenvalue weighted by molar-refractivity contribution is 0.268. The van der Waals surface area contributed by atoms with Gasteiger partial charge in [0.25, 0.3) is 0 Å². The van der Waals surface area contributed by atoms with Crippen LogP contribution in [0.4, 0.5) is 4.39 Å². The zero-order valence-electron chi connectivity index (χ0n) is 10.1. The van der Waals surface area contributed by atoms with E-state index < -0.39 is 6.17 Å². The molecule has 90 valence electrons. The van der Waals surface area contributed by atoms with Crippen LogP contribution in [0.1, 0.15) is 26.7 Å². The Morgan fingerprint density at radius 2 is 2.50 bits per heavy atom. The number of alkyl halides is 1. The first-order chi connectivity index (χ1) is 7.69. The number of nitrogens with one attached hydrogen (secondary N) is 1. The summed E-state index contributed by atoms with van der Waals surface area (Å²) in [6.45, 7) is 8.33. The van der Waals surface area contributed by atoms with Crippen molar-refractivity contribution >= 4 is 6.21 Å². The van der Waals surface area contributed by atoms with Gasteiger partial charge in [0.15, 0.2) is 0 Å². The highest BCUT2D eigenvalue weighted by Crippen LogP contribution is 2.15. The van der Waals surface area contributed by atoms with Gasteiger partial charge in [0.2, 0.25) is 0 Å². The van der Waals surface area contributed by atoms with Crippen molar-refractivity contribution in [1.29, 1.82) is 0 Å². The van der Waals surface area contributed by atoms with Crippen LogP contribution in [0.5, 0.6) is 0 Å². The number of allylic oxidation sites excluding steroid dienone is 2. The monoisotopic (exact) mass is 224 g/mol. The summed E-state index contributed by atoms with van der Waals surface area (Å²) in [6.07, 6.45) is 5.91. The number of halogens is 1. The fourth-order valence-electron chi connectivity index (χ4n) is 1.61. The Balaban J connectivity index is 2.62. The van der Waals surface area contributed by atoms with Crippen molar-refractivity contribution in [3.8, 4) is 0 Å². The van der Waals surface area contributed by atoms with Crippen LogP contribution in [0.15, 0.2) is 29.4 Å². The molecule has 3 heteroatoms. The molecule has 0 amide bonds. The van der Waals surface area contributed by atoms with Gasteiger partial charge in [-0.2, -0.15) is 0 Å². The largest absolute Gasteiger partial charge is 0.383 e. The van der Waals surface area contributed by atoms with Gasteiger partial charge in [0, 0.05) is 12.4 Å². The number of hydrogen-bond donors (Lipinski definition) is 1. The summed E-state index contributed by atoms with van der Waals surface area (Å²) in [5.74, 6) is 0.465. The van der Waals surface area contributed by atoms with Gasteiger partial charge in [-0.05, 0) is 24.3 Å². The van der Waals surface area contributed by atoms with E-state index in [9.17, 15) is 4.39 Å². The predicted octanol–water partition coefficient (Wildman–Crippen LogP) is 2.87. The van der Waals surface area contributed by atoms with Crippen LogP contribution in [0.2, 0.25) is 0 Å². The van der Waals surface area contributed by atoms with E-state index in [0.29, 0.717) is 18.9 Å². The molecule has 0 bridgehead atoms. The third-order valence-corrected chi connectivity index (χ3v) is 3.02. The van der Waals surface area contributed by atoms with Gasteiger partial charge in [-0.15, -0.1) is 6.58 Å². The molecule has 0 aromatic rings. The minimum absolute atomic E-state index is 0.226.